The van der Waals surface area contributed by atoms with E-state index < -0.39 is 0 Å². The summed E-state index contributed by atoms with van der Waals surface area (Å²) < 4.78 is 5.25. The average Bonchev–Trinajstić information content (AvgIpc) is 3.36. The van der Waals surface area contributed by atoms with Crippen molar-refractivity contribution >= 4 is 11.8 Å². The van der Waals surface area contributed by atoms with Crippen LogP contribution in [0, 0.1) is 0 Å². The molecule has 6 heteroatoms. The largest absolute Gasteiger partial charge is 0.361 e. The summed E-state index contributed by atoms with van der Waals surface area (Å²) in [5.41, 5.74) is 0.744. The first kappa shape index (κ1) is 17.0. The van der Waals surface area contributed by atoms with Crippen molar-refractivity contribution in [3.05, 3.63) is 17.5 Å². The van der Waals surface area contributed by atoms with Gasteiger partial charge in [-0.25, -0.2) is 0 Å². The zero-order valence-corrected chi connectivity index (χ0v) is 14.2. The Labute approximate surface area is 142 Å². The molecule has 132 valence electrons. The van der Waals surface area contributed by atoms with Crippen LogP contribution in [-0.4, -0.2) is 23.0 Å². The average molecular weight is 333 g/mol. The predicted octanol–water partition coefficient (Wildman–Crippen LogP) is 2.79. The lowest BCUT2D eigenvalue weighted by Gasteiger charge is -2.16. The van der Waals surface area contributed by atoms with Crippen LogP contribution in [0.3, 0.4) is 0 Å². The van der Waals surface area contributed by atoms with E-state index in [1.165, 1.54) is 25.7 Å². The fourth-order valence-corrected chi connectivity index (χ4v) is 3.20. The fourth-order valence-electron chi connectivity index (χ4n) is 3.20. The van der Waals surface area contributed by atoms with Crippen molar-refractivity contribution < 1.29 is 14.1 Å². The maximum atomic E-state index is 12.0. The molecule has 0 aliphatic heterocycles. The van der Waals surface area contributed by atoms with E-state index >= 15 is 0 Å². The number of hydrogen-bond acceptors (Lipinski definition) is 4. The molecule has 1 aromatic heterocycles. The van der Waals surface area contributed by atoms with E-state index in [9.17, 15) is 9.59 Å². The van der Waals surface area contributed by atoms with Crippen LogP contribution in [0.4, 0.5) is 0 Å². The molecule has 0 aromatic carbocycles. The zero-order valence-electron chi connectivity index (χ0n) is 14.2. The normalized spacial score (nSPS) is 18.8. The molecule has 0 bridgehead atoms. The highest BCUT2D eigenvalue weighted by Gasteiger charge is 2.27. The standard InChI is InChI=1S/C18H27N3O3/c22-17(19-12-15-11-16(24-21-15)13-7-8-13)9-10-18(23)20-14-5-3-1-2-4-6-14/h11,13-14H,1-10,12H2,(H,19,22)(H,20,23). The third kappa shape index (κ3) is 5.35. The van der Waals surface area contributed by atoms with Crippen LogP contribution >= 0.6 is 0 Å². The Morgan fingerprint density at radius 1 is 1.04 bits per heavy atom. The Kier molecular flexibility index (Phi) is 5.88. The molecule has 24 heavy (non-hydrogen) atoms. The Morgan fingerprint density at radius 3 is 2.46 bits per heavy atom. The van der Waals surface area contributed by atoms with Gasteiger partial charge in [0.05, 0.1) is 6.54 Å². The Bertz CT molecular complexity index is 558. The maximum Gasteiger partial charge on any atom is 0.220 e. The minimum absolute atomic E-state index is 0.0190. The molecule has 2 aliphatic rings. The van der Waals surface area contributed by atoms with E-state index in [2.05, 4.69) is 15.8 Å². The molecule has 0 radical (unpaired) electrons. The van der Waals surface area contributed by atoms with Crippen LogP contribution in [0.2, 0.25) is 0 Å². The molecule has 2 amide bonds. The predicted molar refractivity (Wildman–Crippen MR) is 89.2 cm³/mol. The minimum Gasteiger partial charge on any atom is -0.361 e. The minimum atomic E-state index is -0.123. The molecule has 2 fully saturated rings. The van der Waals surface area contributed by atoms with Crippen molar-refractivity contribution in [1.29, 1.82) is 0 Å². The van der Waals surface area contributed by atoms with Gasteiger partial charge in [-0.15, -0.1) is 0 Å². The molecule has 0 spiro atoms. The molecule has 2 saturated carbocycles. The van der Waals surface area contributed by atoms with Gasteiger partial charge in [-0.1, -0.05) is 30.8 Å². The van der Waals surface area contributed by atoms with Gasteiger partial charge in [0, 0.05) is 30.9 Å². The van der Waals surface area contributed by atoms with Gasteiger partial charge in [0.15, 0.2) is 0 Å². The number of rotatable bonds is 7. The van der Waals surface area contributed by atoms with Crippen molar-refractivity contribution in [2.24, 2.45) is 0 Å². The third-order valence-corrected chi connectivity index (χ3v) is 4.82. The van der Waals surface area contributed by atoms with Crippen molar-refractivity contribution in [2.45, 2.75) is 82.7 Å². The first-order chi connectivity index (χ1) is 11.7. The monoisotopic (exact) mass is 333 g/mol. The quantitative estimate of drug-likeness (QED) is 0.752. The number of hydrogen-bond donors (Lipinski definition) is 2. The van der Waals surface area contributed by atoms with Crippen molar-refractivity contribution in [1.82, 2.24) is 15.8 Å². The first-order valence-electron chi connectivity index (χ1n) is 9.22. The topological polar surface area (TPSA) is 84.2 Å². The van der Waals surface area contributed by atoms with Crippen molar-refractivity contribution in [3.8, 4) is 0 Å². The highest BCUT2D eigenvalue weighted by Crippen LogP contribution is 2.40. The van der Waals surface area contributed by atoms with E-state index in [4.69, 9.17) is 4.52 Å². The molecule has 0 atom stereocenters. The lowest BCUT2D eigenvalue weighted by Crippen LogP contribution is -2.35. The van der Waals surface area contributed by atoms with Gasteiger partial charge in [0.2, 0.25) is 11.8 Å². The van der Waals surface area contributed by atoms with E-state index in [0.29, 0.717) is 18.5 Å². The fraction of sp³-hybridized carbons (Fsp3) is 0.722. The molecule has 1 heterocycles. The summed E-state index contributed by atoms with van der Waals surface area (Å²) in [6.45, 7) is 0.360. The molecule has 2 aliphatic carbocycles. The van der Waals surface area contributed by atoms with Gasteiger partial charge < -0.3 is 15.2 Å². The summed E-state index contributed by atoms with van der Waals surface area (Å²) in [5.74, 6) is 1.30. The zero-order chi connectivity index (χ0) is 16.8. The van der Waals surface area contributed by atoms with Gasteiger partial charge in [0.25, 0.3) is 0 Å². The molecule has 3 rings (SSSR count). The molecular formula is C18H27N3O3. The number of carbonyl (C=O) groups is 2. The summed E-state index contributed by atoms with van der Waals surface area (Å²) in [6, 6.07) is 2.20. The van der Waals surface area contributed by atoms with Gasteiger partial charge >= 0.3 is 0 Å². The van der Waals surface area contributed by atoms with Gasteiger partial charge in [0.1, 0.15) is 11.5 Å². The van der Waals surface area contributed by atoms with Gasteiger partial charge in [-0.2, -0.15) is 0 Å². The smallest absolute Gasteiger partial charge is 0.220 e. The number of carbonyl (C=O) groups excluding carboxylic acids is 2. The van der Waals surface area contributed by atoms with Crippen LogP contribution in [0.1, 0.15) is 81.6 Å². The lowest BCUT2D eigenvalue weighted by molar-refractivity contribution is -0.127. The van der Waals surface area contributed by atoms with Crippen molar-refractivity contribution in [3.63, 3.8) is 0 Å². The second kappa shape index (κ2) is 8.31. The van der Waals surface area contributed by atoms with Crippen LogP contribution in [0.25, 0.3) is 0 Å². The number of nitrogens with one attached hydrogen (secondary N) is 2. The Morgan fingerprint density at radius 2 is 1.75 bits per heavy atom. The highest BCUT2D eigenvalue weighted by atomic mass is 16.5. The first-order valence-corrected chi connectivity index (χ1v) is 9.22. The molecule has 0 unspecified atom stereocenters. The Balaban J connectivity index is 1.31. The molecule has 6 nitrogen and oxygen atoms in total. The third-order valence-electron chi connectivity index (χ3n) is 4.82. The molecule has 0 saturated heterocycles. The summed E-state index contributed by atoms with van der Waals surface area (Å²) in [5, 5.41) is 9.83. The number of aromatic nitrogens is 1. The second-order valence-corrected chi connectivity index (χ2v) is 7.03. The lowest BCUT2D eigenvalue weighted by atomic mass is 10.1. The van der Waals surface area contributed by atoms with Gasteiger partial charge in [-0.3, -0.25) is 9.59 Å². The number of nitrogens with zero attached hydrogens (tertiary/aromatic N) is 1. The van der Waals surface area contributed by atoms with Crippen LogP contribution in [-0.2, 0) is 16.1 Å². The second-order valence-electron chi connectivity index (χ2n) is 7.03. The number of amides is 2. The molecule has 1 aromatic rings. The van der Waals surface area contributed by atoms with E-state index in [0.717, 1.165) is 37.1 Å². The van der Waals surface area contributed by atoms with Crippen LogP contribution in [0.15, 0.2) is 10.6 Å². The summed E-state index contributed by atoms with van der Waals surface area (Å²) in [4.78, 5) is 23.8. The highest BCUT2D eigenvalue weighted by molar-refractivity contribution is 5.83. The van der Waals surface area contributed by atoms with Gasteiger partial charge in [-0.05, 0) is 25.7 Å². The van der Waals surface area contributed by atoms with E-state index in [-0.39, 0.29) is 24.7 Å². The summed E-state index contributed by atoms with van der Waals surface area (Å²) >= 11 is 0. The molecule has 2 N–H and O–H groups in total. The van der Waals surface area contributed by atoms with E-state index in [1.54, 1.807) is 0 Å². The maximum absolute atomic E-state index is 12.0. The Hall–Kier alpha value is -1.85. The summed E-state index contributed by atoms with van der Waals surface area (Å²) in [6.07, 6.45) is 9.81. The SMILES string of the molecule is O=C(CCC(=O)NC1CCCCCC1)NCc1cc(C2CC2)on1. The van der Waals surface area contributed by atoms with E-state index in [1.807, 2.05) is 6.07 Å². The molecular weight excluding hydrogens is 306 g/mol. The van der Waals surface area contributed by atoms with Crippen molar-refractivity contribution in [2.75, 3.05) is 0 Å². The van der Waals surface area contributed by atoms with Crippen LogP contribution in [0.5, 0.6) is 0 Å². The van der Waals surface area contributed by atoms with Crippen LogP contribution < -0.4 is 10.6 Å². The summed E-state index contributed by atoms with van der Waals surface area (Å²) in [7, 11) is 0.